The van der Waals surface area contributed by atoms with E-state index in [2.05, 4.69) is 13.8 Å². The minimum atomic E-state index is -1.31. The van der Waals surface area contributed by atoms with E-state index in [0.717, 1.165) is 25.7 Å². The first-order valence-corrected chi connectivity index (χ1v) is 9.65. The fourth-order valence-electron chi connectivity index (χ4n) is 7.03. The van der Waals surface area contributed by atoms with Crippen LogP contribution in [0.25, 0.3) is 0 Å². The lowest BCUT2D eigenvalue weighted by atomic mass is 9.55. The van der Waals surface area contributed by atoms with Crippen molar-refractivity contribution in [2.75, 3.05) is 0 Å². The van der Waals surface area contributed by atoms with E-state index in [1.165, 1.54) is 26.2 Å². The van der Waals surface area contributed by atoms with E-state index in [1.807, 2.05) is 0 Å². The Bertz CT molecular complexity index is 586. The molecule has 7 atom stereocenters. The fraction of sp³-hybridized carbons (Fsp3) is 0.900. The normalized spacial score (nSPS) is 53.2. The van der Waals surface area contributed by atoms with Crippen LogP contribution in [0, 0.1) is 28.6 Å². The van der Waals surface area contributed by atoms with Gasteiger partial charge in [0.05, 0.1) is 0 Å². The van der Waals surface area contributed by atoms with Crippen LogP contribution in [0.5, 0.6) is 0 Å². The summed E-state index contributed by atoms with van der Waals surface area (Å²) in [7, 11) is 0. The second kappa shape index (κ2) is 5.06. The Balaban J connectivity index is 1.69. The molecule has 134 valence electrons. The van der Waals surface area contributed by atoms with E-state index in [-0.39, 0.29) is 34.6 Å². The Morgan fingerprint density at radius 2 is 1.88 bits per heavy atom. The number of fused-ring (bicyclic) bond motifs is 5. The number of Topliss-reactive ketones (excluding diaryl/α,β-unsaturated/α-hetero) is 1. The molecule has 0 spiro atoms. The second-order valence-corrected chi connectivity index (χ2v) is 9.44. The van der Waals surface area contributed by atoms with Gasteiger partial charge in [0.15, 0.2) is 5.78 Å². The Hall–Kier alpha value is -0.900. The molecule has 4 heteroatoms. The maximum atomic E-state index is 13.4. The molecule has 24 heavy (non-hydrogen) atoms. The summed E-state index contributed by atoms with van der Waals surface area (Å²) in [6.45, 7) is 5.87. The summed E-state index contributed by atoms with van der Waals surface area (Å²) < 4.78 is 5.37. The summed E-state index contributed by atoms with van der Waals surface area (Å²) in [6, 6.07) is 0. The van der Waals surface area contributed by atoms with Crippen LogP contribution in [0.1, 0.15) is 72.1 Å². The average Bonchev–Trinajstić information content (AvgIpc) is 2.96. The van der Waals surface area contributed by atoms with Crippen molar-refractivity contribution in [1.82, 2.24) is 0 Å². The van der Waals surface area contributed by atoms with Crippen LogP contribution in [0.15, 0.2) is 0 Å². The van der Waals surface area contributed by atoms with Crippen molar-refractivity contribution in [3.8, 4) is 0 Å². The first-order chi connectivity index (χ1) is 11.2. The molecule has 0 radical (unpaired) electrons. The maximum absolute atomic E-state index is 13.4. The second-order valence-electron chi connectivity index (χ2n) is 9.44. The van der Waals surface area contributed by atoms with Gasteiger partial charge >= 0.3 is 5.97 Å². The minimum absolute atomic E-state index is 0.0114. The summed E-state index contributed by atoms with van der Waals surface area (Å²) in [6.07, 6.45) is 7.31. The van der Waals surface area contributed by atoms with Crippen LogP contribution in [0.2, 0.25) is 0 Å². The van der Waals surface area contributed by atoms with Crippen molar-refractivity contribution in [3.05, 3.63) is 0 Å². The zero-order chi connectivity index (χ0) is 17.3. The quantitative estimate of drug-likeness (QED) is 0.748. The summed E-state index contributed by atoms with van der Waals surface area (Å²) in [5, 5.41) is 11.5. The Kier molecular flexibility index (Phi) is 3.49. The highest BCUT2D eigenvalue weighted by Crippen LogP contribution is 2.68. The van der Waals surface area contributed by atoms with Gasteiger partial charge in [-0.05, 0) is 55.8 Å². The largest absolute Gasteiger partial charge is 0.462 e. The lowest BCUT2D eigenvalue weighted by Gasteiger charge is -2.50. The van der Waals surface area contributed by atoms with Crippen molar-refractivity contribution in [2.24, 2.45) is 28.6 Å². The average molecular weight is 334 g/mol. The summed E-state index contributed by atoms with van der Waals surface area (Å²) in [4.78, 5) is 24.8. The van der Waals surface area contributed by atoms with Crippen LogP contribution < -0.4 is 0 Å². The smallest absolute Gasteiger partial charge is 0.302 e. The number of esters is 1. The molecule has 4 fully saturated rings. The number of ether oxygens (including phenoxy) is 1. The van der Waals surface area contributed by atoms with Crippen molar-refractivity contribution in [1.29, 1.82) is 0 Å². The van der Waals surface area contributed by atoms with E-state index in [9.17, 15) is 14.7 Å². The van der Waals surface area contributed by atoms with E-state index < -0.39 is 5.60 Å². The first-order valence-electron chi connectivity index (χ1n) is 9.65. The minimum Gasteiger partial charge on any atom is -0.462 e. The van der Waals surface area contributed by atoms with Crippen molar-refractivity contribution >= 4 is 11.8 Å². The molecule has 4 rings (SSSR count). The molecule has 0 unspecified atom stereocenters. The molecule has 0 aromatic heterocycles. The van der Waals surface area contributed by atoms with Gasteiger partial charge in [0.1, 0.15) is 11.7 Å². The molecule has 0 saturated heterocycles. The highest BCUT2D eigenvalue weighted by atomic mass is 16.5. The van der Waals surface area contributed by atoms with Gasteiger partial charge in [-0.1, -0.05) is 20.3 Å². The zero-order valence-electron chi connectivity index (χ0n) is 15.1. The van der Waals surface area contributed by atoms with E-state index in [0.29, 0.717) is 18.3 Å². The predicted molar refractivity (Wildman–Crippen MR) is 89.1 cm³/mol. The summed E-state index contributed by atoms with van der Waals surface area (Å²) in [5.74, 6) is 0.479. The topological polar surface area (TPSA) is 63.6 Å². The van der Waals surface area contributed by atoms with E-state index in [1.54, 1.807) is 0 Å². The zero-order valence-corrected chi connectivity index (χ0v) is 15.1. The van der Waals surface area contributed by atoms with Crippen LogP contribution in [0.4, 0.5) is 0 Å². The van der Waals surface area contributed by atoms with Gasteiger partial charge in [0.25, 0.3) is 0 Å². The van der Waals surface area contributed by atoms with Crippen LogP contribution in [-0.4, -0.2) is 28.6 Å². The monoisotopic (exact) mass is 334 g/mol. The van der Waals surface area contributed by atoms with E-state index in [4.69, 9.17) is 4.74 Å². The van der Waals surface area contributed by atoms with Gasteiger partial charge in [0, 0.05) is 24.7 Å². The summed E-state index contributed by atoms with van der Waals surface area (Å²) in [5.41, 5.74) is -1.38. The Labute approximate surface area is 144 Å². The van der Waals surface area contributed by atoms with Crippen LogP contribution >= 0.6 is 0 Å². The van der Waals surface area contributed by atoms with Gasteiger partial charge in [-0.3, -0.25) is 9.59 Å². The lowest BCUT2D eigenvalue weighted by Crippen LogP contribution is -2.55. The van der Waals surface area contributed by atoms with Crippen molar-refractivity contribution in [2.45, 2.75) is 83.8 Å². The molecule has 4 aliphatic rings. The van der Waals surface area contributed by atoms with Crippen LogP contribution in [-0.2, 0) is 14.3 Å². The van der Waals surface area contributed by atoms with Gasteiger partial charge in [0.2, 0.25) is 0 Å². The van der Waals surface area contributed by atoms with E-state index >= 15 is 0 Å². The first kappa shape index (κ1) is 16.6. The summed E-state index contributed by atoms with van der Waals surface area (Å²) >= 11 is 0. The number of rotatable bonds is 1. The molecule has 0 amide bonds. The Morgan fingerprint density at radius 3 is 2.58 bits per heavy atom. The third-order valence-corrected chi connectivity index (χ3v) is 8.37. The van der Waals surface area contributed by atoms with Gasteiger partial charge < -0.3 is 9.84 Å². The number of aliphatic hydroxyl groups is 1. The molecule has 0 aliphatic heterocycles. The molecular weight excluding hydrogens is 304 g/mol. The molecule has 4 aliphatic carbocycles. The maximum Gasteiger partial charge on any atom is 0.302 e. The van der Waals surface area contributed by atoms with Gasteiger partial charge in [-0.2, -0.15) is 0 Å². The number of carbonyl (C=O) groups is 2. The highest BCUT2D eigenvalue weighted by Gasteiger charge is 2.71. The third-order valence-electron chi connectivity index (χ3n) is 8.37. The highest BCUT2D eigenvalue weighted by molar-refractivity contribution is 5.94. The number of hydrogen-bond donors (Lipinski definition) is 1. The molecule has 0 aromatic carbocycles. The predicted octanol–water partition coefficient (Wildman–Crippen LogP) is 3.25. The van der Waals surface area contributed by atoms with Crippen molar-refractivity contribution in [3.63, 3.8) is 0 Å². The third kappa shape index (κ3) is 1.95. The van der Waals surface area contributed by atoms with Crippen molar-refractivity contribution < 1.29 is 19.4 Å². The standard InChI is InChI=1S/C20H30O4/c1-12(21)24-13-6-10-19(3)15-7-9-18(2)8-4-5-14(18)16(15)17(22)20(19,23)11-13/h13-16,23H,4-11H2,1-3H3/t13-,14-,15-,16-,18-,19+,20-/m0/s1. The molecule has 0 heterocycles. The number of hydrogen-bond acceptors (Lipinski definition) is 4. The Morgan fingerprint density at radius 1 is 1.12 bits per heavy atom. The lowest BCUT2D eigenvalue weighted by molar-refractivity contribution is -0.173. The molecule has 4 saturated carbocycles. The molecule has 4 nitrogen and oxygen atoms in total. The molecule has 0 bridgehead atoms. The van der Waals surface area contributed by atoms with Gasteiger partial charge in [-0.15, -0.1) is 0 Å². The molecule has 0 aromatic rings. The van der Waals surface area contributed by atoms with Crippen LogP contribution in [0.3, 0.4) is 0 Å². The van der Waals surface area contributed by atoms with Gasteiger partial charge in [-0.25, -0.2) is 0 Å². The number of ketones is 1. The SMILES string of the molecule is CC(=O)O[C@H]1CC[C@]2(C)[C@H]3CC[C@]4(C)CCC[C@H]4[C@@H]3C(=O)[C@@]2(O)C1. The molecule has 1 N–H and O–H groups in total. The molecular formula is C20H30O4. The fourth-order valence-corrected chi connectivity index (χ4v) is 7.03. The number of carbonyl (C=O) groups excluding carboxylic acids is 2.